The summed E-state index contributed by atoms with van der Waals surface area (Å²) in [7, 11) is 0.976. The summed E-state index contributed by atoms with van der Waals surface area (Å²) in [4.78, 5) is 0. The predicted octanol–water partition coefficient (Wildman–Crippen LogP) is -3.85. The van der Waals surface area contributed by atoms with Crippen molar-refractivity contribution in [3.05, 3.63) is 0 Å². The van der Waals surface area contributed by atoms with Gasteiger partial charge in [-0.2, -0.15) is 0 Å². The van der Waals surface area contributed by atoms with E-state index in [0.29, 0.717) is 0 Å². The van der Waals surface area contributed by atoms with Crippen molar-refractivity contribution in [1.29, 1.82) is 0 Å². The first-order chi connectivity index (χ1) is 13.2. The minimum Gasteiger partial charge on any atom is -0.394 e. The average molecular weight is 434 g/mol. The molecule has 2 saturated heterocycles. The SMILES string of the molecule is COP(OC)OCC1O[C@H](OC2OC(CO)C(O)C(O)C2O)C(O)C(O)C1O. The van der Waals surface area contributed by atoms with Crippen molar-refractivity contribution in [2.45, 2.75) is 61.4 Å². The summed E-state index contributed by atoms with van der Waals surface area (Å²) in [6, 6.07) is 0. The molecule has 2 aliphatic rings. The Morgan fingerprint density at radius 3 is 1.64 bits per heavy atom. The topological polar surface area (TPSA) is 197 Å². The molecule has 0 spiro atoms. The van der Waals surface area contributed by atoms with Crippen LogP contribution in [0, 0.1) is 0 Å². The molecule has 9 unspecified atom stereocenters. The maximum absolute atomic E-state index is 10.1. The molecule has 0 aliphatic carbocycles. The Kier molecular flexibility index (Phi) is 9.32. The third kappa shape index (κ3) is 5.33. The summed E-state index contributed by atoms with van der Waals surface area (Å²) >= 11 is 0. The molecule has 0 aromatic carbocycles. The van der Waals surface area contributed by atoms with Gasteiger partial charge in [0.2, 0.25) is 0 Å². The molecular formula is C14H27O13P. The summed E-state index contributed by atoms with van der Waals surface area (Å²) in [6.45, 7) is -0.957. The molecule has 2 fully saturated rings. The van der Waals surface area contributed by atoms with Crippen LogP contribution < -0.4 is 0 Å². The normalized spacial score (nSPS) is 44.8. The average Bonchev–Trinajstić information content (AvgIpc) is 2.70. The molecule has 0 bridgehead atoms. The lowest BCUT2D eigenvalue weighted by molar-refractivity contribution is -0.376. The van der Waals surface area contributed by atoms with Crippen molar-refractivity contribution in [3.63, 3.8) is 0 Å². The minimum absolute atomic E-state index is 0.285. The minimum atomic E-state index is -1.73. The van der Waals surface area contributed by atoms with E-state index in [4.69, 9.17) is 27.8 Å². The summed E-state index contributed by atoms with van der Waals surface area (Å²) in [5, 5.41) is 69.0. The lowest BCUT2D eigenvalue weighted by atomic mass is 9.98. The van der Waals surface area contributed by atoms with Crippen LogP contribution in [-0.2, 0) is 27.8 Å². The zero-order chi connectivity index (χ0) is 21.0. The van der Waals surface area contributed by atoms with Gasteiger partial charge in [-0.3, -0.25) is 0 Å². The first-order valence-corrected chi connectivity index (χ1v) is 9.51. The third-order valence-electron chi connectivity index (χ3n) is 4.43. The van der Waals surface area contributed by atoms with Crippen LogP contribution in [0.3, 0.4) is 0 Å². The number of aliphatic hydroxyl groups is 7. The molecule has 0 aromatic rings. The first-order valence-electron chi connectivity index (χ1n) is 8.42. The van der Waals surface area contributed by atoms with Crippen LogP contribution >= 0.6 is 8.60 Å². The molecule has 14 heteroatoms. The third-order valence-corrected chi connectivity index (χ3v) is 5.38. The summed E-state index contributed by atoms with van der Waals surface area (Å²) < 4.78 is 30.9. The quantitative estimate of drug-likeness (QED) is 0.184. The molecule has 2 aliphatic heterocycles. The number of hydrogen-bond acceptors (Lipinski definition) is 13. The van der Waals surface area contributed by atoms with E-state index in [1.54, 1.807) is 0 Å². The van der Waals surface area contributed by atoms with Crippen molar-refractivity contribution >= 4 is 8.60 Å². The fraction of sp³-hybridized carbons (Fsp3) is 1.00. The monoisotopic (exact) mass is 434 g/mol. The van der Waals surface area contributed by atoms with Gasteiger partial charge in [-0.1, -0.05) is 0 Å². The van der Waals surface area contributed by atoms with Gasteiger partial charge in [-0.05, 0) is 0 Å². The van der Waals surface area contributed by atoms with Gasteiger partial charge in [0.25, 0.3) is 0 Å². The largest absolute Gasteiger partial charge is 0.394 e. The van der Waals surface area contributed by atoms with Crippen molar-refractivity contribution < 1.29 is 63.5 Å². The Morgan fingerprint density at radius 1 is 0.714 bits per heavy atom. The second-order valence-electron chi connectivity index (χ2n) is 6.23. The Morgan fingerprint density at radius 2 is 1.18 bits per heavy atom. The summed E-state index contributed by atoms with van der Waals surface area (Å²) in [5.74, 6) is 0. The van der Waals surface area contributed by atoms with Gasteiger partial charge in [0.15, 0.2) is 12.6 Å². The van der Waals surface area contributed by atoms with Gasteiger partial charge in [0.1, 0.15) is 48.8 Å². The van der Waals surface area contributed by atoms with Crippen molar-refractivity contribution in [2.24, 2.45) is 0 Å². The highest BCUT2D eigenvalue weighted by molar-refractivity contribution is 7.41. The number of rotatable bonds is 8. The van der Waals surface area contributed by atoms with E-state index in [-0.39, 0.29) is 6.61 Å². The van der Waals surface area contributed by atoms with Gasteiger partial charge < -0.3 is 63.5 Å². The van der Waals surface area contributed by atoms with Crippen molar-refractivity contribution in [1.82, 2.24) is 0 Å². The van der Waals surface area contributed by atoms with E-state index < -0.39 is 76.6 Å². The fourth-order valence-corrected chi connectivity index (χ4v) is 3.42. The van der Waals surface area contributed by atoms with Gasteiger partial charge in [-0.15, -0.1) is 0 Å². The van der Waals surface area contributed by atoms with Gasteiger partial charge in [-0.25, -0.2) is 0 Å². The Labute approximate surface area is 161 Å². The van der Waals surface area contributed by atoms with E-state index in [0.717, 1.165) is 0 Å². The second kappa shape index (κ2) is 10.8. The molecule has 166 valence electrons. The molecule has 2 rings (SSSR count). The van der Waals surface area contributed by atoms with Crippen LogP contribution in [0.15, 0.2) is 0 Å². The molecule has 10 atom stereocenters. The number of hydrogen-bond donors (Lipinski definition) is 7. The highest BCUT2D eigenvalue weighted by atomic mass is 31.2. The zero-order valence-electron chi connectivity index (χ0n) is 15.2. The number of ether oxygens (including phenoxy) is 3. The maximum atomic E-state index is 10.1. The van der Waals surface area contributed by atoms with E-state index in [9.17, 15) is 35.7 Å². The van der Waals surface area contributed by atoms with E-state index in [2.05, 4.69) is 0 Å². The molecule has 7 N–H and O–H groups in total. The molecule has 2 heterocycles. The molecular weight excluding hydrogens is 407 g/mol. The maximum Gasteiger partial charge on any atom is 0.332 e. The molecule has 28 heavy (non-hydrogen) atoms. The Bertz CT molecular complexity index is 467. The molecule has 0 aromatic heterocycles. The molecule has 0 saturated carbocycles. The van der Waals surface area contributed by atoms with Crippen LogP contribution in [0.5, 0.6) is 0 Å². The van der Waals surface area contributed by atoms with E-state index >= 15 is 0 Å². The van der Waals surface area contributed by atoms with Crippen LogP contribution in [0.2, 0.25) is 0 Å². The molecule has 13 nitrogen and oxygen atoms in total. The Balaban J connectivity index is 2.04. The van der Waals surface area contributed by atoms with Gasteiger partial charge in [0.05, 0.1) is 13.2 Å². The van der Waals surface area contributed by atoms with Gasteiger partial charge in [0, 0.05) is 14.2 Å². The summed E-state index contributed by atoms with van der Waals surface area (Å²) in [5.41, 5.74) is 0. The lowest BCUT2D eigenvalue weighted by Gasteiger charge is -2.44. The second-order valence-corrected chi connectivity index (χ2v) is 7.67. The molecule has 0 amide bonds. The fourth-order valence-electron chi connectivity index (χ4n) is 2.79. The van der Waals surface area contributed by atoms with Crippen LogP contribution in [0.4, 0.5) is 0 Å². The smallest absolute Gasteiger partial charge is 0.332 e. The lowest BCUT2D eigenvalue weighted by Crippen LogP contribution is -2.63. The van der Waals surface area contributed by atoms with E-state index in [1.807, 2.05) is 0 Å². The van der Waals surface area contributed by atoms with Crippen molar-refractivity contribution in [2.75, 3.05) is 27.4 Å². The zero-order valence-corrected chi connectivity index (χ0v) is 16.1. The highest BCUT2D eigenvalue weighted by Gasteiger charge is 2.49. The Hall–Kier alpha value is -0.0900. The molecule has 0 radical (unpaired) electrons. The first kappa shape index (κ1) is 24.2. The number of aliphatic hydroxyl groups excluding tert-OH is 7. The summed E-state index contributed by atoms with van der Waals surface area (Å²) in [6.07, 6.45) is -15.6. The van der Waals surface area contributed by atoms with Crippen LogP contribution in [-0.4, -0.2) is 125 Å². The van der Waals surface area contributed by atoms with Crippen LogP contribution in [0.1, 0.15) is 0 Å². The highest BCUT2D eigenvalue weighted by Crippen LogP contribution is 2.38. The van der Waals surface area contributed by atoms with Crippen LogP contribution in [0.25, 0.3) is 0 Å². The van der Waals surface area contributed by atoms with Gasteiger partial charge >= 0.3 is 8.60 Å². The predicted molar refractivity (Wildman–Crippen MR) is 88.4 cm³/mol. The standard InChI is InChI=1S/C14H27O13P/c1-22-28(23-2)24-4-6-8(17)10(19)12(21)14(26-6)27-13-11(20)9(18)7(16)5(3-15)25-13/h5-21H,3-4H2,1-2H3/t5?,6?,7?,8?,9?,10?,11?,12?,13?,14-/m1/s1. The van der Waals surface area contributed by atoms with E-state index in [1.165, 1.54) is 14.2 Å². The van der Waals surface area contributed by atoms with Crippen molar-refractivity contribution in [3.8, 4) is 0 Å².